The molecule has 1 unspecified atom stereocenters. The van der Waals surface area contributed by atoms with Gasteiger partial charge in [0.25, 0.3) is 0 Å². The lowest BCUT2D eigenvalue weighted by Gasteiger charge is -2.31. The Balaban J connectivity index is 1.11. The number of thiazole rings is 1. The van der Waals surface area contributed by atoms with Crippen LogP contribution in [0.3, 0.4) is 0 Å². The molecule has 7 nitrogen and oxygen atoms in total. The minimum Gasteiger partial charge on any atom is -0.460 e. The summed E-state index contributed by atoms with van der Waals surface area (Å²) < 4.78 is 21.1. The van der Waals surface area contributed by atoms with Crippen LogP contribution in [-0.4, -0.2) is 61.5 Å². The molecule has 0 spiro atoms. The zero-order valence-electron chi connectivity index (χ0n) is 28.6. The number of esters is 1. The number of aromatic nitrogens is 1. The number of fused-ring (bicyclic) bond motifs is 4. The van der Waals surface area contributed by atoms with Crippen molar-refractivity contribution < 1.29 is 23.8 Å². The molecule has 0 radical (unpaired) electrons. The summed E-state index contributed by atoms with van der Waals surface area (Å²) in [6.45, 7) is 8.48. The van der Waals surface area contributed by atoms with Gasteiger partial charge in [-0.05, 0) is 54.8 Å². The topological polar surface area (TPSA) is 86.8 Å². The van der Waals surface area contributed by atoms with Crippen molar-refractivity contribution in [2.24, 2.45) is 5.41 Å². The van der Waals surface area contributed by atoms with E-state index >= 15 is 0 Å². The number of nitrogens with zero attached hydrogens (tertiary/aromatic N) is 1. The van der Waals surface area contributed by atoms with Gasteiger partial charge in [-0.25, -0.2) is 14.6 Å². The fourth-order valence-corrected chi connectivity index (χ4v) is 10.4. The Morgan fingerprint density at radius 2 is 1.61 bits per heavy atom. The molecule has 4 aromatic carbocycles. The van der Waals surface area contributed by atoms with E-state index in [4.69, 9.17) is 19.2 Å². The van der Waals surface area contributed by atoms with Gasteiger partial charge in [-0.3, -0.25) is 0 Å². The summed E-state index contributed by atoms with van der Waals surface area (Å²) in [5.74, 6) is 1.06. The van der Waals surface area contributed by atoms with Gasteiger partial charge in [0.2, 0.25) is 0 Å². The lowest BCUT2D eigenvalue weighted by molar-refractivity contribution is -0.140. The number of thiophene rings is 1. The zero-order chi connectivity index (χ0) is 35.6. The van der Waals surface area contributed by atoms with E-state index in [2.05, 4.69) is 91.6 Å². The Morgan fingerprint density at radius 3 is 2.43 bits per heavy atom. The van der Waals surface area contributed by atoms with Crippen LogP contribution in [0.5, 0.6) is 0 Å². The first-order valence-electron chi connectivity index (χ1n) is 16.8. The third-order valence-electron chi connectivity index (χ3n) is 8.45. The van der Waals surface area contributed by atoms with Crippen LogP contribution in [0, 0.1) is 5.41 Å². The predicted octanol–water partition coefficient (Wildman–Crippen LogP) is 10.5. The molecule has 0 aliphatic heterocycles. The van der Waals surface area contributed by atoms with Crippen LogP contribution >= 0.6 is 46.2 Å². The van der Waals surface area contributed by atoms with Gasteiger partial charge in [0.15, 0.2) is 4.34 Å². The fraction of sp³-hybridized carbons (Fsp3) is 0.275. The summed E-state index contributed by atoms with van der Waals surface area (Å²) >= 11 is 7.05. The smallest absolute Gasteiger partial charge is 0.407 e. The molecule has 1 N–H and O–H groups in total. The molecule has 264 valence electrons. The lowest BCUT2D eigenvalue weighted by Crippen LogP contribution is -2.36. The summed E-state index contributed by atoms with van der Waals surface area (Å²) in [4.78, 5) is 30.3. The van der Waals surface area contributed by atoms with Gasteiger partial charge in [-0.1, -0.05) is 85.9 Å². The van der Waals surface area contributed by atoms with Crippen LogP contribution in [0.4, 0.5) is 4.79 Å². The second kappa shape index (κ2) is 17.6. The number of rotatable bonds is 17. The van der Waals surface area contributed by atoms with Gasteiger partial charge in [0.05, 0.1) is 23.4 Å². The molecule has 11 heteroatoms. The highest BCUT2D eigenvalue weighted by Crippen LogP contribution is 2.42. The van der Waals surface area contributed by atoms with Crippen molar-refractivity contribution in [1.29, 1.82) is 0 Å². The van der Waals surface area contributed by atoms with Crippen molar-refractivity contribution in [3.8, 4) is 11.1 Å². The minimum absolute atomic E-state index is 0.128. The first-order valence-corrected chi connectivity index (χ1v) is 20.4. The SMILES string of the molecule is C=C(C)C(=O)OCCOCCNC(=O)OCC(CC)(CSc1cccc(-c2cccc3c2sc2ccccc23)c1)CSc1nc2ccccc2s1. The molecule has 0 fully saturated rings. The van der Waals surface area contributed by atoms with Crippen molar-refractivity contribution in [2.45, 2.75) is 29.5 Å². The second-order valence-electron chi connectivity index (χ2n) is 12.2. The molecule has 2 aromatic heterocycles. The number of para-hydroxylation sites is 1. The van der Waals surface area contributed by atoms with Gasteiger partial charge in [0, 0.05) is 54.1 Å². The van der Waals surface area contributed by atoms with E-state index in [0.29, 0.717) is 5.57 Å². The Bertz CT molecular complexity index is 2110. The second-order valence-corrected chi connectivity index (χ2v) is 16.6. The summed E-state index contributed by atoms with van der Waals surface area (Å²) in [6.07, 6.45) is 0.330. The zero-order valence-corrected chi connectivity index (χ0v) is 31.9. The number of thioether (sulfide) groups is 2. The fourth-order valence-electron chi connectivity index (χ4n) is 5.44. The van der Waals surface area contributed by atoms with Crippen LogP contribution in [0.25, 0.3) is 41.5 Å². The quantitative estimate of drug-likeness (QED) is 0.0426. The molecular weight excluding hydrogens is 717 g/mol. The number of benzene rings is 4. The average Bonchev–Trinajstić information content (AvgIpc) is 3.76. The predicted molar refractivity (Wildman–Crippen MR) is 215 cm³/mol. The van der Waals surface area contributed by atoms with Gasteiger partial charge in [-0.15, -0.1) is 34.4 Å². The number of ether oxygens (including phenoxy) is 3. The van der Waals surface area contributed by atoms with Crippen molar-refractivity contribution in [3.05, 3.63) is 103 Å². The third-order valence-corrected chi connectivity index (χ3v) is 13.5. The van der Waals surface area contributed by atoms with E-state index in [1.807, 2.05) is 29.5 Å². The third kappa shape index (κ3) is 9.52. The van der Waals surface area contributed by atoms with E-state index in [9.17, 15) is 9.59 Å². The highest BCUT2D eigenvalue weighted by atomic mass is 32.2. The van der Waals surface area contributed by atoms with Crippen molar-refractivity contribution >= 4 is 88.6 Å². The first kappa shape index (κ1) is 36.9. The van der Waals surface area contributed by atoms with Crippen molar-refractivity contribution in [1.82, 2.24) is 10.3 Å². The Hall–Kier alpha value is -3.87. The molecule has 1 atom stereocenters. The van der Waals surface area contributed by atoms with E-state index in [0.717, 1.165) is 32.5 Å². The largest absolute Gasteiger partial charge is 0.460 e. The standard InChI is InChI=1S/C40H40N2O5S4/c1-4-40(26-49-39-42-33-16-6-8-18-35(33)51-39,24-47-38(44)41-19-20-45-21-22-46-37(43)27(2)3)25-48-29-12-9-11-28(23-29)30-14-10-15-32-31-13-5-7-17-34(31)50-36(30)32/h5-18,23H,2,4,19-22,24-26H2,1,3H3,(H,41,44). The average molecular weight is 757 g/mol. The van der Waals surface area contributed by atoms with Gasteiger partial charge < -0.3 is 19.5 Å². The number of hydrogen-bond donors (Lipinski definition) is 1. The molecule has 0 saturated carbocycles. The maximum absolute atomic E-state index is 12.8. The van der Waals surface area contributed by atoms with Crippen molar-refractivity contribution in [3.63, 3.8) is 0 Å². The number of amides is 1. The van der Waals surface area contributed by atoms with Crippen LogP contribution in [0.2, 0.25) is 0 Å². The van der Waals surface area contributed by atoms with E-state index in [1.54, 1.807) is 41.8 Å². The molecule has 6 aromatic rings. The molecule has 6 rings (SSSR count). The highest BCUT2D eigenvalue weighted by Gasteiger charge is 2.31. The summed E-state index contributed by atoms with van der Waals surface area (Å²) in [5.41, 5.74) is 3.46. The van der Waals surface area contributed by atoms with Crippen LogP contribution in [-0.2, 0) is 19.0 Å². The first-order chi connectivity index (χ1) is 24.8. The highest BCUT2D eigenvalue weighted by molar-refractivity contribution is 8.01. The van der Waals surface area contributed by atoms with Crippen LogP contribution in [0.15, 0.2) is 112 Å². The van der Waals surface area contributed by atoms with Crippen molar-refractivity contribution in [2.75, 3.05) is 44.5 Å². The number of hydrogen-bond acceptors (Lipinski definition) is 10. The van der Waals surface area contributed by atoms with E-state index < -0.39 is 12.1 Å². The maximum atomic E-state index is 12.8. The van der Waals surface area contributed by atoms with Crippen LogP contribution in [0.1, 0.15) is 20.3 Å². The van der Waals surface area contributed by atoms with E-state index in [1.165, 1.54) is 36.2 Å². The normalized spacial score (nSPS) is 12.6. The summed E-state index contributed by atoms with van der Waals surface area (Å²) in [6, 6.07) is 32.1. The monoisotopic (exact) mass is 756 g/mol. The Labute approximate surface area is 314 Å². The molecule has 51 heavy (non-hydrogen) atoms. The van der Waals surface area contributed by atoms with Crippen LogP contribution < -0.4 is 5.32 Å². The van der Waals surface area contributed by atoms with Gasteiger partial charge in [-0.2, -0.15) is 0 Å². The Kier molecular flexibility index (Phi) is 12.7. The molecule has 0 bridgehead atoms. The van der Waals surface area contributed by atoms with Gasteiger partial charge in [0.1, 0.15) is 13.2 Å². The molecule has 0 aliphatic rings. The Morgan fingerprint density at radius 1 is 0.843 bits per heavy atom. The lowest BCUT2D eigenvalue weighted by atomic mass is 9.91. The van der Waals surface area contributed by atoms with Gasteiger partial charge >= 0.3 is 12.1 Å². The van der Waals surface area contributed by atoms with E-state index in [-0.39, 0.29) is 38.4 Å². The molecule has 0 saturated heterocycles. The molecular formula is C40H40N2O5S4. The summed E-state index contributed by atoms with van der Waals surface area (Å²) in [7, 11) is 0. The molecule has 2 heterocycles. The molecule has 0 aliphatic carbocycles. The maximum Gasteiger partial charge on any atom is 0.407 e. The number of alkyl carbamates (subject to hydrolysis) is 1. The number of carbonyl (C=O) groups is 2. The number of carbonyl (C=O) groups excluding carboxylic acids is 2. The summed E-state index contributed by atoms with van der Waals surface area (Å²) in [5, 5.41) is 5.36. The number of nitrogens with one attached hydrogen (secondary N) is 1. The minimum atomic E-state index is -0.487. The molecule has 1 amide bonds.